The van der Waals surface area contributed by atoms with Crippen molar-refractivity contribution < 1.29 is 34.6 Å². The maximum Gasteiger partial charge on any atom is 0.185 e. The van der Waals surface area contributed by atoms with Crippen LogP contribution in [-0.2, 0) is 14.2 Å². The van der Waals surface area contributed by atoms with Crippen molar-refractivity contribution in [3.63, 3.8) is 0 Å². The van der Waals surface area contributed by atoms with Gasteiger partial charge in [0.25, 0.3) is 0 Å². The first-order valence-corrected chi connectivity index (χ1v) is 17.2. The second-order valence-corrected chi connectivity index (χ2v) is 13.6. The highest BCUT2D eigenvalue weighted by Crippen LogP contribution is 2.31. The first-order valence-electron chi connectivity index (χ1n) is 17.2. The molecule has 274 valence electrons. The maximum atomic E-state index is 11.3. The number of hydrogen-bond acceptors (Lipinski definition) is 12. The van der Waals surface area contributed by atoms with Gasteiger partial charge in [0.2, 0.25) is 0 Å². The number of nitrogens with one attached hydrogen (secondary N) is 2. The summed E-state index contributed by atoms with van der Waals surface area (Å²) in [6.07, 6.45) is 6.87. The van der Waals surface area contributed by atoms with Crippen LogP contribution < -0.4 is 22.1 Å². The van der Waals surface area contributed by atoms with E-state index in [0.717, 1.165) is 25.7 Å². The van der Waals surface area contributed by atoms with Gasteiger partial charge in [0, 0.05) is 24.7 Å². The van der Waals surface area contributed by atoms with Crippen molar-refractivity contribution in [3.8, 4) is 11.8 Å². The van der Waals surface area contributed by atoms with E-state index in [-0.39, 0.29) is 6.61 Å². The quantitative estimate of drug-likeness (QED) is 0.0480. The van der Waals surface area contributed by atoms with Gasteiger partial charge in [0.15, 0.2) is 12.6 Å². The predicted molar refractivity (Wildman–Crippen MR) is 190 cm³/mol. The summed E-state index contributed by atoms with van der Waals surface area (Å²) in [5, 5.41) is 49.4. The molecule has 0 aromatic rings. The minimum atomic E-state index is -1.40. The van der Waals surface area contributed by atoms with Crippen LogP contribution in [0, 0.1) is 11.8 Å². The Balaban J connectivity index is 1.80. The van der Waals surface area contributed by atoms with E-state index < -0.39 is 66.8 Å². The van der Waals surface area contributed by atoms with E-state index >= 15 is 0 Å². The summed E-state index contributed by atoms with van der Waals surface area (Å²) < 4.78 is 17.5. The number of allylic oxidation sites excluding steroid dienone is 6. The number of rotatable bonds is 17. The lowest BCUT2D eigenvalue weighted by Crippen LogP contribution is -2.68. The van der Waals surface area contributed by atoms with E-state index in [0.29, 0.717) is 25.8 Å². The lowest BCUT2D eigenvalue weighted by Gasteiger charge is -2.48. The minimum Gasteiger partial charge on any atom is -0.388 e. The molecule has 0 radical (unpaired) electrons. The van der Waals surface area contributed by atoms with Crippen LogP contribution in [0.15, 0.2) is 39.9 Å². The number of ether oxygens (including phenoxy) is 3. The Kier molecular flexibility index (Phi) is 18.7. The highest BCUT2D eigenvalue weighted by molar-refractivity contribution is 5.72. The van der Waals surface area contributed by atoms with Crippen LogP contribution >= 0.6 is 0 Å². The smallest absolute Gasteiger partial charge is 0.185 e. The first-order chi connectivity index (χ1) is 22.7. The molecule has 11 unspecified atom stereocenters. The summed E-state index contributed by atoms with van der Waals surface area (Å²) in [7, 11) is 3.34. The van der Waals surface area contributed by atoms with Crippen LogP contribution in [0.3, 0.4) is 0 Å². The summed E-state index contributed by atoms with van der Waals surface area (Å²) in [5.41, 5.74) is 15.3. The summed E-state index contributed by atoms with van der Waals surface area (Å²) >= 11 is 0. The normalized spacial score (nSPS) is 32.9. The van der Waals surface area contributed by atoms with Crippen LogP contribution in [0.5, 0.6) is 0 Å². The molecule has 48 heavy (non-hydrogen) atoms. The molecule has 12 heteroatoms. The Morgan fingerprint density at radius 1 is 1.04 bits per heavy atom. The standard InChI is InChI=1S/C36H63N5O7/c1-23(2)13-11-14-24(3)15-12-16-25(4)18-20-41-19-10-8-9-17-26(37)34(44)47-31-27(38)21-28(39-6)32(29(31)42)48-35-30(43)33(40-7)36(5,45)22-46-35/h13,15,18,20,26-35,39-40,42-45H,9,11-12,14,16-17,19,21-22,37-38H2,1-7H3/b24-15+,25-18+,41-20+. The number of aliphatic imine (C=N–C) groups is 1. The second-order valence-electron chi connectivity index (χ2n) is 13.6. The average Bonchev–Trinajstić information content (AvgIpc) is 3.02. The van der Waals surface area contributed by atoms with Crippen molar-refractivity contribution in [2.45, 2.75) is 146 Å². The number of aliphatic hydroxyl groups is 4. The van der Waals surface area contributed by atoms with Crippen molar-refractivity contribution in [3.05, 3.63) is 34.9 Å². The molecule has 0 aromatic heterocycles. The monoisotopic (exact) mass is 677 g/mol. The number of likely N-dealkylation sites (N-methyl/N-ethyl adjacent to an activating group) is 2. The average molecular weight is 678 g/mol. The third-order valence-electron chi connectivity index (χ3n) is 8.97. The van der Waals surface area contributed by atoms with Crippen LogP contribution in [0.1, 0.15) is 79.6 Å². The molecule has 12 nitrogen and oxygen atoms in total. The Bertz CT molecular complexity index is 1140. The third kappa shape index (κ3) is 13.7. The molecular formula is C36H63N5O7. The van der Waals surface area contributed by atoms with E-state index in [1.807, 2.05) is 6.08 Å². The van der Waals surface area contributed by atoms with Gasteiger partial charge in [-0.25, -0.2) is 0 Å². The molecule has 11 atom stereocenters. The zero-order valence-corrected chi connectivity index (χ0v) is 30.1. The van der Waals surface area contributed by atoms with Gasteiger partial charge in [0.1, 0.15) is 30.0 Å². The SMILES string of the molecule is CNC1CC(N)C(OC(O)C(N)CCC#CC/N=C/C=C(\C)CC/C=C(\C)CCC=C(C)C)C(O)C1OC1OCC(C)(O)C(NC)C1O. The van der Waals surface area contributed by atoms with Crippen LogP contribution in [0.4, 0.5) is 0 Å². The molecule has 10 N–H and O–H groups in total. The summed E-state index contributed by atoms with van der Waals surface area (Å²) in [6, 6.07) is -2.50. The molecular weight excluding hydrogens is 614 g/mol. The van der Waals surface area contributed by atoms with Crippen molar-refractivity contribution in [1.82, 2.24) is 10.6 Å². The van der Waals surface area contributed by atoms with Crippen LogP contribution in [0.2, 0.25) is 0 Å². The first kappa shape index (κ1) is 42.2. The third-order valence-corrected chi connectivity index (χ3v) is 8.97. The fourth-order valence-corrected chi connectivity index (χ4v) is 5.99. The Labute approximate surface area is 288 Å². The summed E-state index contributed by atoms with van der Waals surface area (Å²) in [5.74, 6) is 6.03. The molecule has 0 amide bonds. The van der Waals surface area contributed by atoms with Gasteiger partial charge >= 0.3 is 0 Å². The number of aliphatic hydroxyl groups excluding tert-OH is 3. The van der Waals surface area contributed by atoms with Gasteiger partial charge in [-0.2, -0.15) is 0 Å². The summed E-state index contributed by atoms with van der Waals surface area (Å²) in [6.45, 7) is 10.4. The van der Waals surface area contributed by atoms with Gasteiger partial charge in [-0.05, 0) is 93.3 Å². The molecule has 2 rings (SSSR count). The molecule has 2 fully saturated rings. The minimum absolute atomic E-state index is 0.0816. The van der Waals surface area contributed by atoms with Crippen molar-refractivity contribution in [1.29, 1.82) is 0 Å². The number of nitrogens with zero attached hydrogens (tertiary/aromatic N) is 1. The molecule has 1 saturated carbocycles. The summed E-state index contributed by atoms with van der Waals surface area (Å²) in [4.78, 5) is 4.34. The number of hydrogen-bond donors (Lipinski definition) is 8. The number of nitrogens with two attached hydrogens (primary N) is 2. The van der Waals surface area contributed by atoms with E-state index in [4.69, 9.17) is 25.7 Å². The van der Waals surface area contributed by atoms with E-state index in [2.05, 4.69) is 67.3 Å². The molecule has 1 saturated heterocycles. The van der Waals surface area contributed by atoms with Gasteiger partial charge in [-0.1, -0.05) is 34.8 Å². The van der Waals surface area contributed by atoms with E-state index in [1.54, 1.807) is 27.2 Å². The van der Waals surface area contributed by atoms with Crippen LogP contribution in [0.25, 0.3) is 0 Å². The molecule has 2 aliphatic rings. The highest BCUT2D eigenvalue weighted by Gasteiger charge is 2.50. The zero-order chi connectivity index (χ0) is 35.9. The van der Waals surface area contributed by atoms with Crippen LogP contribution in [-0.4, -0.2) is 121 Å². The van der Waals surface area contributed by atoms with E-state index in [9.17, 15) is 20.4 Å². The maximum absolute atomic E-state index is 11.3. The van der Waals surface area contributed by atoms with Gasteiger partial charge in [0.05, 0.1) is 25.2 Å². The van der Waals surface area contributed by atoms with E-state index in [1.165, 1.54) is 16.7 Å². The lowest BCUT2D eigenvalue weighted by atomic mass is 9.83. The Morgan fingerprint density at radius 2 is 1.73 bits per heavy atom. The fourth-order valence-electron chi connectivity index (χ4n) is 5.99. The van der Waals surface area contributed by atoms with Gasteiger partial charge in [-0.3, -0.25) is 4.99 Å². The largest absolute Gasteiger partial charge is 0.388 e. The molecule has 0 bridgehead atoms. The molecule has 0 spiro atoms. The fraction of sp³-hybridized carbons (Fsp3) is 0.750. The van der Waals surface area contributed by atoms with Crippen molar-refractivity contribution >= 4 is 6.21 Å². The van der Waals surface area contributed by atoms with Gasteiger partial charge < -0.3 is 56.7 Å². The molecule has 1 aliphatic carbocycles. The Morgan fingerprint density at radius 3 is 2.40 bits per heavy atom. The molecule has 1 aliphatic heterocycles. The Hall–Kier alpha value is -1.99. The lowest BCUT2D eigenvalue weighted by molar-refractivity contribution is -0.303. The zero-order valence-electron chi connectivity index (χ0n) is 30.1. The molecule has 1 heterocycles. The predicted octanol–water partition coefficient (Wildman–Crippen LogP) is 1.41. The topological polar surface area (TPSA) is 197 Å². The van der Waals surface area contributed by atoms with Crippen molar-refractivity contribution in [2.75, 3.05) is 27.2 Å². The van der Waals surface area contributed by atoms with Gasteiger partial charge in [-0.15, -0.1) is 5.92 Å². The highest BCUT2D eigenvalue weighted by atomic mass is 16.7. The molecule has 0 aromatic carbocycles. The second kappa shape index (κ2) is 21.3. The van der Waals surface area contributed by atoms with Crippen molar-refractivity contribution in [2.24, 2.45) is 16.5 Å².